The molecule has 0 aromatic heterocycles. The van der Waals surface area contributed by atoms with Crippen LogP contribution in [0, 0.1) is 10.1 Å². The Kier molecular flexibility index (Phi) is 3.81. The van der Waals surface area contributed by atoms with Gasteiger partial charge in [0.15, 0.2) is 0 Å². The summed E-state index contributed by atoms with van der Waals surface area (Å²) in [7, 11) is 0. The van der Waals surface area contributed by atoms with Crippen molar-refractivity contribution in [3.63, 3.8) is 0 Å². The molecule has 0 spiro atoms. The van der Waals surface area contributed by atoms with Gasteiger partial charge in [0.25, 0.3) is 0 Å². The van der Waals surface area contributed by atoms with Crippen molar-refractivity contribution in [1.29, 1.82) is 0 Å². The molecule has 0 radical (unpaired) electrons. The molecule has 1 aromatic carbocycles. The number of halogens is 1. The molecular formula is C11H13ClN2O3. The smallest absolute Gasteiger partial charge is 0.312 e. The molecule has 0 aliphatic carbocycles. The number of nitro groups is 1. The minimum atomic E-state index is -0.475. The lowest BCUT2D eigenvalue weighted by Crippen LogP contribution is -2.37. The molecule has 17 heavy (non-hydrogen) atoms. The number of ether oxygens (including phenoxy) is 1. The highest BCUT2D eigenvalue weighted by molar-refractivity contribution is 6.32. The van der Waals surface area contributed by atoms with E-state index < -0.39 is 4.92 Å². The molecule has 0 amide bonds. The summed E-state index contributed by atoms with van der Waals surface area (Å²) in [5.74, 6) is 0.174. The molecule has 1 atom stereocenters. The van der Waals surface area contributed by atoms with E-state index in [2.05, 4.69) is 5.32 Å². The van der Waals surface area contributed by atoms with Crippen LogP contribution >= 0.6 is 11.6 Å². The number of hydrogen-bond acceptors (Lipinski definition) is 4. The number of nitro benzene ring substituents is 1. The van der Waals surface area contributed by atoms with Crippen LogP contribution in [0.2, 0.25) is 5.02 Å². The zero-order valence-electron chi connectivity index (χ0n) is 9.19. The van der Waals surface area contributed by atoms with E-state index in [0.29, 0.717) is 6.54 Å². The van der Waals surface area contributed by atoms with Crippen LogP contribution in [-0.2, 0) is 0 Å². The maximum atomic E-state index is 10.9. The second-order valence-electron chi connectivity index (χ2n) is 3.93. The SMILES string of the molecule is O=[N+]([O-])c1cccc(Cl)c1O[C@H]1CCCNC1. The maximum absolute atomic E-state index is 10.9. The molecule has 1 aromatic rings. The number of benzene rings is 1. The third-order valence-electron chi connectivity index (χ3n) is 2.68. The molecular weight excluding hydrogens is 244 g/mol. The first kappa shape index (κ1) is 12.1. The quantitative estimate of drug-likeness (QED) is 0.666. The van der Waals surface area contributed by atoms with E-state index in [4.69, 9.17) is 16.3 Å². The van der Waals surface area contributed by atoms with Crippen LogP contribution < -0.4 is 10.1 Å². The summed E-state index contributed by atoms with van der Waals surface area (Å²) < 4.78 is 5.64. The van der Waals surface area contributed by atoms with Gasteiger partial charge in [-0.15, -0.1) is 0 Å². The van der Waals surface area contributed by atoms with E-state index in [1.165, 1.54) is 6.07 Å². The molecule has 0 unspecified atom stereocenters. The molecule has 1 heterocycles. The van der Waals surface area contributed by atoms with Crippen LogP contribution in [0.15, 0.2) is 18.2 Å². The lowest BCUT2D eigenvalue weighted by Gasteiger charge is -2.24. The van der Waals surface area contributed by atoms with Gasteiger partial charge in [-0.2, -0.15) is 0 Å². The molecule has 92 valence electrons. The van der Waals surface area contributed by atoms with E-state index in [9.17, 15) is 10.1 Å². The van der Waals surface area contributed by atoms with Crippen LogP contribution in [0.1, 0.15) is 12.8 Å². The summed E-state index contributed by atoms with van der Waals surface area (Å²) in [6.45, 7) is 1.66. The highest BCUT2D eigenvalue weighted by Gasteiger charge is 2.23. The van der Waals surface area contributed by atoms with E-state index in [-0.39, 0.29) is 22.6 Å². The Morgan fingerprint density at radius 2 is 2.35 bits per heavy atom. The molecule has 1 saturated heterocycles. The molecule has 0 saturated carbocycles. The summed E-state index contributed by atoms with van der Waals surface area (Å²) >= 11 is 5.94. The maximum Gasteiger partial charge on any atom is 0.312 e. The van der Waals surface area contributed by atoms with Gasteiger partial charge in [0, 0.05) is 12.6 Å². The number of nitrogens with one attached hydrogen (secondary N) is 1. The van der Waals surface area contributed by atoms with Gasteiger partial charge in [-0.1, -0.05) is 17.7 Å². The van der Waals surface area contributed by atoms with Crippen molar-refractivity contribution in [2.45, 2.75) is 18.9 Å². The molecule has 1 aliphatic rings. The Morgan fingerprint density at radius 3 is 3.00 bits per heavy atom. The van der Waals surface area contributed by atoms with Gasteiger partial charge < -0.3 is 10.1 Å². The Bertz CT molecular complexity index is 419. The summed E-state index contributed by atoms with van der Waals surface area (Å²) in [5.41, 5.74) is -0.0805. The molecule has 1 aliphatic heterocycles. The Morgan fingerprint density at radius 1 is 1.53 bits per heavy atom. The monoisotopic (exact) mass is 256 g/mol. The number of para-hydroxylation sites is 1. The molecule has 2 rings (SSSR count). The van der Waals surface area contributed by atoms with Crippen LogP contribution in [0.4, 0.5) is 5.69 Å². The predicted octanol–water partition coefficient (Wildman–Crippen LogP) is 2.38. The standard InChI is InChI=1S/C11H13ClN2O3/c12-9-4-1-5-10(14(15)16)11(9)17-8-3-2-6-13-7-8/h1,4-5,8,13H,2-3,6-7H2/t8-/m0/s1. The minimum absolute atomic E-state index is 0.0534. The van der Waals surface area contributed by atoms with Crippen molar-refractivity contribution in [2.75, 3.05) is 13.1 Å². The fourth-order valence-corrected chi connectivity index (χ4v) is 2.06. The Labute approximate surface area is 104 Å². The number of nitrogens with zero attached hydrogens (tertiary/aromatic N) is 1. The second-order valence-corrected chi connectivity index (χ2v) is 4.34. The average Bonchev–Trinajstić information content (AvgIpc) is 2.33. The fraction of sp³-hybridized carbons (Fsp3) is 0.455. The number of rotatable bonds is 3. The van der Waals surface area contributed by atoms with Gasteiger partial charge in [-0.05, 0) is 25.5 Å². The number of hydrogen-bond donors (Lipinski definition) is 1. The van der Waals surface area contributed by atoms with Crippen molar-refractivity contribution in [2.24, 2.45) is 0 Å². The van der Waals surface area contributed by atoms with Gasteiger partial charge in [-0.3, -0.25) is 10.1 Å². The summed E-state index contributed by atoms with van der Waals surface area (Å²) in [6.07, 6.45) is 1.83. The molecule has 5 nitrogen and oxygen atoms in total. The van der Waals surface area contributed by atoms with E-state index in [1.807, 2.05) is 0 Å². The molecule has 6 heteroatoms. The van der Waals surface area contributed by atoms with E-state index >= 15 is 0 Å². The first-order valence-corrected chi connectivity index (χ1v) is 5.86. The largest absolute Gasteiger partial charge is 0.481 e. The van der Waals surface area contributed by atoms with E-state index in [0.717, 1.165) is 19.4 Å². The van der Waals surface area contributed by atoms with Crippen LogP contribution in [0.3, 0.4) is 0 Å². The fourth-order valence-electron chi connectivity index (χ4n) is 1.85. The Hall–Kier alpha value is -1.33. The van der Waals surface area contributed by atoms with Gasteiger partial charge in [0.1, 0.15) is 6.10 Å². The first-order chi connectivity index (χ1) is 8.18. The normalized spacial score (nSPS) is 19.9. The molecule has 1 N–H and O–H groups in total. The van der Waals surface area contributed by atoms with Gasteiger partial charge in [-0.25, -0.2) is 0 Å². The zero-order chi connectivity index (χ0) is 12.3. The van der Waals surface area contributed by atoms with Crippen LogP contribution in [0.5, 0.6) is 5.75 Å². The summed E-state index contributed by atoms with van der Waals surface area (Å²) in [5, 5.41) is 14.3. The van der Waals surface area contributed by atoms with Crippen LogP contribution in [-0.4, -0.2) is 24.1 Å². The lowest BCUT2D eigenvalue weighted by atomic mass is 10.1. The highest BCUT2D eigenvalue weighted by atomic mass is 35.5. The van der Waals surface area contributed by atoms with Crippen LogP contribution in [0.25, 0.3) is 0 Å². The first-order valence-electron chi connectivity index (χ1n) is 5.49. The minimum Gasteiger partial charge on any atom is -0.481 e. The van der Waals surface area contributed by atoms with Gasteiger partial charge in [0.05, 0.1) is 9.95 Å². The highest BCUT2D eigenvalue weighted by Crippen LogP contribution is 2.35. The van der Waals surface area contributed by atoms with Crippen molar-refractivity contribution in [3.8, 4) is 5.75 Å². The summed E-state index contributed by atoms with van der Waals surface area (Å²) in [4.78, 5) is 10.4. The third kappa shape index (κ3) is 2.87. The van der Waals surface area contributed by atoms with Crippen molar-refractivity contribution >= 4 is 17.3 Å². The molecule has 1 fully saturated rings. The Balaban J connectivity index is 2.21. The molecule has 0 bridgehead atoms. The topological polar surface area (TPSA) is 64.4 Å². The lowest BCUT2D eigenvalue weighted by molar-refractivity contribution is -0.386. The summed E-state index contributed by atoms with van der Waals surface area (Å²) in [6, 6.07) is 4.55. The average molecular weight is 257 g/mol. The zero-order valence-corrected chi connectivity index (χ0v) is 9.94. The van der Waals surface area contributed by atoms with E-state index in [1.54, 1.807) is 12.1 Å². The van der Waals surface area contributed by atoms with Crippen molar-refractivity contribution < 1.29 is 9.66 Å². The van der Waals surface area contributed by atoms with Crippen molar-refractivity contribution in [3.05, 3.63) is 33.3 Å². The van der Waals surface area contributed by atoms with Gasteiger partial charge >= 0.3 is 5.69 Å². The predicted molar refractivity (Wildman–Crippen MR) is 64.6 cm³/mol. The third-order valence-corrected chi connectivity index (χ3v) is 2.98. The van der Waals surface area contributed by atoms with Gasteiger partial charge in [0.2, 0.25) is 5.75 Å². The van der Waals surface area contributed by atoms with Crippen molar-refractivity contribution in [1.82, 2.24) is 5.32 Å². The second kappa shape index (κ2) is 5.33. The number of piperidine rings is 1.